The Morgan fingerprint density at radius 1 is 1.29 bits per heavy atom. The number of aromatic nitrogens is 2. The maximum atomic E-state index is 4.76. The predicted octanol–water partition coefficient (Wildman–Crippen LogP) is 2.36. The van der Waals surface area contributed by atoms with E-state index in [1.165, 1.54) is 25.8 Å². The number of nitrogens with one attached hydrogen (secondary N) is 1. The Bertz CT molecular complexity index is 464. The minimum atomic E-state index is 0.509. The van der Waals surface area contributed by atoms with Crippen molar-refractivity contribution in [2.45, 2.75) is 51.6 Å². The van der Waals surface area contributed by atoms with Crippen LogP contribution in [0.5, 0.6) is 0 Å². The van der Waals surface area contributed by atoms with Crippen molar-refractivity contribution in [1.29, 1.82) is 0 Å². The Labute approximate surface area is 127 Å². The summed E-state index contributed by atoms with van der Waals surface area (Å²) < 4.78 is 0. The molecule has 3 heterocycles. The highest BCUT2D eigenvalue weighted by Gasteiger charge is 2.33. The van der Waals surface area contributed by atoms with Gasteiger partial charge in [0, 0.05) is 31.7 Å². The first-order chi connectivity index (χ1) is 10.3. The molecule has 2 atom stereocenters. The van der Waals surface area contributed by atoms with Crippen molar-refractivity contribution in [2.75, 3.05) is 36.4 Å². The molecule has 116 valence electrons. The fourth-order valence-corrected chi connectivity index (χ4v) is 3.50. The van der Waals surface area contributed by atoms with Crippen LogP contribution in [0.2, 0.25) is 0 Å². The molecule has 5 nitrogen and oxygen atoms in total. The Hall–Kier alpha value is -1.36. The standard InChI is InChI=1S/C16H27N5/c1-3-7-18-15-9-17-10-16(19-15)21-12-14-6-4-5-8-20(14)11-13(21)2/h9-10,13-14H,3-8,11-12H2,1-2H3,(H,18,19). The van der Waals surface area contributed by atoms with E-state index < -0.39 is 0 Å². The third-order valence-corrected chi connectivity index (χ3v) is 4.66. The highest BCUT2D eigenvalue weighted by atomic mass is 15.3. The number of rotatable bonds is 4. The number of nitrogens with zero attached hydrogens (tertiary/aromatic N) is 4. The van der Waals surface area contributed by atoms with Crippen LogP contribution in [-0.4, -0.2) is 53.1 Å². The smallest absolute Gasteiger partial charge is 0.149 e. The lowest BCUT2D eigenvalue weighted by atomic mass is 9.97. The van der Waals surface area contributed by atoms with Crippen LogP contribution in [0.4, 0.5) is 11.6 Å². The fourth-order valence-electron chi connectivity index (χ4n) is 3.50. The van der Waals surface area contributed by atoms with Gasteiger partial charge in [0.05, 0.1) is 12.4 Å². The van der Waals surface area contributed by atoms with Crippen LogP contribution in [-0.2, 0) is 0 Å². The van der Waals surface area contributed by atoms with E-state index in [2.05, 4.69) is 33.9 Å². The molecule has 2 fully saturated rings. The van der Waals surface area contributed by atoms with Crippen LogP contribution in [0.15, 0.2) is 12.4 Å². The summed E-state index contributed by atoms with van der Waals surface area (Å²) in [6, 6.07) is 1.21. The maximum absolute atomic E-state index is 4.76. The van der Waals surface area contributed by atoms with Crippen molar-refractivity contribution in [3.8, 4) is 0 Å². The SMILES string of the molecule is CCCNc1cncc(N2CC3CCCCN3CC2C)n1. The minimum absolute atomic E-state index is 0.509. The first-order valence-electron chi connectivity index (χ1n) is 8.34. The Kier molecular flexibility index (Phi) is 4.58. The Morgan fingerprint density at radius 3 is 3.05 bits per heavy atom. The van der Waals surface area contributed by atoms with Gasteiger partial charge in [-0.05, 0) is 32.7 Å². The third-order valence-electron chi connectivity index (χ3n) is 4.66. The summed E-state index contributed by atoms with van der Waals surface area (Å²) in [5, 5.41) is 3.33. The molecule has 2 aliphatic rings. The van der Waals surface area contributed by atoms with Gasteiger partial charge in [0.15, 0.2) is 0 Å². The van der Waals surface area contributed by atoms with E-state index in [0.717, 1.165) is 37.7 Å². The van der Waals surface area contributed by atoms with E-state index in [-0.39, 0.29) is 0 Å². The lowest BCUT2D eigenvalue weighted by Gasteiger charge is -2.47. The van der Waals surface area contributed by atoms with Gasteiger partial charge in [-0.25, -0.2) is 4.98 Å². The third kappa shape index (κ3) is 3.28. The van der Waals surface area contributed by atoms with Gasteiger partial charge < -0.3 is 10.2 Å². The molecule has 2 saturated heterocycles. The quantitative estimate of drug-likeness (QED) is 0.922. The number of piperazine rings is 1. The van der Waals surface area contributed by atoms with E-state index in [4.69, 9.17) is 4.98 Å². The molecule has 0 radical (unpaired) electrons. The fraction of sp³-hybridized carbons (Fsp3) is 0.750. The van der Waals surface area contributed by atoms with Gasteiger partial charge in [-0.15, -0.1) is 0 Å². The molecule has 0 aliphatic carbocycles. The van der Waals surface area contributed by atoms with Gasteiger partial charge in [0.2, 0.25) is 0 Å². The molecule has 3 rings (SSSR count). The predicted molar refractivity (Wildman–Crippen MR) is 86.8 cm³/mol. The average Bonchev–Trinajstić information content (AvgIpc) is 2.52. The zero-order valence-corrected chi connectivity index (χ0v) is 13.3. The van der Waals surface area contributed by atoms with Crippen molar-refractivity contribution in [1.82, 2.24) is 14.9 Å². The van der Waals surface area contributed by atoms with E-state index in [9.17, 15) is 0 Å². The first kappa shape index (κ1) is 14.6. The highest BCUT2D eigenvalue weighted by Crippen LogP contribution is 2.27. The van der Waals surface area contributed by atoms with Crippen LogP contribution in [0.1, 0.15) is 39.5 Å². The van der Waals surface area contributed by atoms with Crippen molar-refractivity contribution < 1.29 is 0 Å². The number of anilines is 2. The Morgan fingerprint density at radius 2 is 2.19 bits per heavy atom. The second kappa shape index (κ2) is 6.60. The van der Waals surface area contributed by atoms with Crippen LogP contribution in [0.3, 0.4) is 0 Å². The zero-order valence-electron chi connectivity index (χ0n) is 13.3. The molecular formula is C16H27N5. The molecule has 1 aromatic rings. The molecule has 0 amide bonds. The van der Waals surface area contributed by atoms with E-state index in [1.807, 2.05) is 12.4 Å². The van der Waals surface area contributed by atoms with Crippen molar-refractivity contribution in [3.63, 3.8) is 0 Å². The Balaban J connectivity index is 1.73. The molecule has 5 heteroatoms. The summed E-state index contributed by atoms with van der Waals surface area (Å²) in [5.74, 6) is 1.92. The minimum Gasteiger partial charge on any atom is -0.369 e. The largest absolute Gasteiger partial charge is 0.369 e. The van der Waals surface area contributed by atoms with Crippen LogP contribution >= 0.6 is 0 Å². The van der Waals surface area contributed by atoms with Crippen molar-refractivity contribution >= 4 is 11.6 Å². The molecule has 2 unspecified atom stereocenters. The molecule has 21 heavy (non-hydrogen) atoms. The summed E-state index contributed by atoms with van der Waals surface area (Å²) in [6.07, 6.45) is 8.88. The molecule has 2 aliphatic heterocycles. The number of piperidine rings is 1. The van der Waals surface area contributed by atoms with Gasteiger partial charge in [-0.1, -0.05) is 13.3 Å². The van der Waals surface area contributed by atoms with E-state index in [1.54, 1.807) is 0 Å². The summed E-state index contributed by atoms with van der Waals surface area (Å²) in [4.78, 5) is 14.2. The van der Waals surface area contributed by atoms with E-state index in [0.29, 0.717) is 12.1 Å². The second-order valence-electron chi connectivity index (χ2n) is 6.34. The second-order valence-corrected chi connectivity index (χ2v) is 6.34. The van der Waals surface area contributed by atoms with Crippen LogP contribution < -0.4 is 10.2 Å². The van der Waals surface area contributed by atoms with Crippen molar-refractivity contribution in [2.24, 2.45) is 0 Å². The zero-order chi connectivity index (χ0) is 14.7. The first-order valence-corrected chi connectivity index (χ1v) is 8.34. The van der Waals surface area contributed by atoms with Crippen molar-refractivity contribution in [3.05, 3.63) is 12.4 Å². The molecule has 0 saturated carbocycles. The van der Waals surface area contributed by atoms with Gasteiger partial charge >= 0.3 is 0 Å². The summed E-state index contributed by atoms with van der Waals surface area (Å²) in [5.41, 5.74) is 0. The lowest BCUT2D eigenvalue weighted by molar-refractivity contribution is 0.115. The van der Waals surface area contributed by atoms with Crippen LogP contribution in [0.25, 0.3) is 0 Å². The van der Waals surface area contributed by atoms with E-state index >= 15 is 0 Å². The normalized spacial score (nSPS) is 26.5. The molecular weight excluding hydrogens is 262 g/mol. The lowest BCUT2D eigenvalue weighted by Crippen LogP contribution is -2.59. The van der Waals surface area contributed by atoms with Gasteiger partial charge in [-0.3, -0.25) is 9.88 Å². The number of hydrogen-bond donors (Lipinski definition) is 1. The maximum Gasteiger partial charge on any atom is 0.149 e. The monoisotopic (exact) mass is 289 g/mol. The van der Waals surface area contributed by atoms with Gasteiger partial charge in [-0.2, -0.15) is 0 Å². The summed E-state index contributed by atoms with van der Waals surface area (Å²) >= 11 is 0. The van der Waals surface area contributed by atoms with Gasteiger partial charge in [0.25, 0.3) is 0 Å². The molecule has 0 spiro atoms. The molecule has 1 aromatic heterocycles. The average molecular weight is 289 g/mol. The highest BCUT2D eigenvalue weighted by molar-refractivity contribution is 5.45. The molecule has 0 bridgehead atoms. The number of fused-ring (bicyclic) bond motifs is 1. The molecule has 0 aromatic carbocycles. The number of hydrogen-bond acceptors (Lipinski definition) is 5. The van der Waals surface area contributed by atoms with Crippen LogP contribution in [0, 0.1) is 0 Å². The molecule has 1 N–H and O–H groups in total. The topological polar surface area (TPSA) is 44.3 Å². The summed E-state index contributed by atoms with van der Waals surface area (Å²) in [6.45, 7) is 8.93. The van der Waals surface area contributed by atoms with Gasteiger partial charge in [0.1, 0.15) is 11.6 Å². The summed E-state index contributed by atoms with van der Waals surface area (Å²) in [7, 11) is 0.